The Bertz CT molecular complexity index is 1620. The van der Waals surface area contributed by atoms with Gasteiger partial charge in [-0.15, -0.1) is 0 Å². The second kappa shape index (κ2) is 13.3. The molecule has 1 amide bonds. The smallest absolute Gasteiger partial charge is 0.407 e. The molecule has 0 saturated heterocycles. The van der Waals surface area contributed by atoms with Gasteiger partial charge in [0.2, 0.25) is 0 Å². The average Bonchev–Trinajstić information content (AvgIpc) is 3.38. The third kappa shape index (κ3) is 7.91. The van der Waals surface area contributed by atoms with Crippen molar-refractivity contribution in [3.8, 4) is 22.9 Å². The Morgan fingerprint density at radius 1 is 1.00 bits per heavy atom. The van der Waals surface area contributed by atoms with Gasteiger partial charge in [-0.1, -0.05) is 31.2 Å². The van der Waals surface area contributed by atoms with Crippen molar-refractivity contribution in [2.45, 2.75) is 66.2 Å². The molecule has 1 N–H and O–H groups in total. The van der Waals surface area contributed by atoms with Crippen LogP contribution in [0.1, 0.15) is 62.6 Å². The van der Waals surface area contributed by atoms with E-state index in [-0.39, 0.29) is 25.6 Å². The normalized spacial score (nSPS) is 11.1. The Kier molecular flexibility index (Phi) is 9.53. The lowest BCUT2D eigenvalue weighted by atomic mass is 9.99. The number of esters is 1. The highest BCUT2D eigenvalue weighted by molar-refractivity contribution is 5.93. The van der Waals surface area contributed by atoms with Gasteiger partial charge in [0, 0.05) is 29.5 Å². The van der Waals surface area contributed by atoms with Crippen LogP contribution in [0.5, 0.6) is 5.75 Å². The van der Waals surface area contributed by atoms with E-state index < -0.39 is 11.7 Å². The number of ether oxygens (including phenoxy) is 3. The van der Waals surface area contributed by atoms with Gasteiger partial charge in [-0.25, -0.2) is 4.79 Å². The summed E-state index contributed by atoms with van der Waals surface area (Å²) >= 11 is 0. The van der Waals surface area contributed by atoms with Gasteiger partial charge in [0.25, 0.3) is 0 Å². The van der Waals surface area contributed by atoms with E-state index in [2.05, 4.69) is 11.4 Å². The SMILES string of the molecule is CCOC(=O)Cc1ccc(C#N)cc1OCc1cc(-c2cccc(CNC(=O)OC(C)(C)C)c2)c2oc(CC)cc2c1. The van der Waals surface area contributed by atoms with Crippen molar-refractivity contribution in [1.82, 2.24) is 5.32 Å². The standard InChI is InChI=1S/C34H36N2O6/c1-6-28-17-27-14-24(21-40-30-16-22(19-35)11-12-26(30)18-31(37)39-7-2)15-29(32(27)41-28)25-10-8-9-23(13-25)20-36-33(38)42-34(3,4)5/h8-17H,6-7,18,20-21H2,1-5H3,(H,36,38). The van der Waals surface area contributed by atoms with E-state index in [0.29, 0.717) is 23.4 Å². The molecule has 0 atom stereocenters. The van der Waals surface area contributed by atoms with Crippen molar-refractivity contribution < 1.29 is 28.2 Å². The van der Waals surface area contributed by atoms with Crippen molar-refractivity contribution in [1.29, 1.82) is 5.26 Å². The molecule has 0 spiro atoms. The molecule has 0 bridgehead atoms. The fraction of sp³-hybridized carbons (Fsp3) is 0.324. The Morgan fingerprint density at radius 2 is 1.81 bits per heavy atom. The summed E-state index contributed by atoms with van der Waals surface area (Å²) in [4.78, 5) is 24.3. The molecule has 8 nitrogen and oxygen atoms in total. The van der Waals surface area contributed by atoms with Gasteiger partial charge in [-0.3, -0.25) is 4.79 Å². The van der Waals surface area contributed by atoms with E-state index in [1.165, 1.54) is 0 Å². The molecule has 0 aliphatic rings. The zero-order valence-corrected chi connectivity index (χ0v) is 24.7. The molecule has 1 aromatic heterocycles. The molecular formula is C34H36N2O6. The molecule has 0 saturated carbocycles. The molecule has 8 heteroatoms. The number of fused-ring (bicyclic) bond motifs is 1. The maximum Gasteiger partial charge on any atom is 0.407 e. The van der Waals surface area contributed by atoms with Crippen LogP contribution in [0.15, 0.2) is 65.1 Å². The third-order valence-corrected chi connectivity index (χ3v) is 6.38. The van der Waals surface area contributed by atoms with Gasteiger partial charge in [0.05, 0.1) is 24.7 Å². The van der Waals surface area contributed by atoms with E-state index in [1.807, 2.05) is 70.2 Å². The molecule has 0 aliphatic heterocycles. The fourth-order valence-electron chi connectivity index (χ4n) is 4.51. The van der Waals surface area contributed by atoms with Crippen LogP contribution in [0.2, 0.25) is 0 Å². The summed E-state index contributed by atoms with van der Waals surface area (Å²) < 4.78 is 22.9. The molecular weight excluding hydrogens is 532 g/mol. The number of carbonyl (C=O) groups is 2. The number of hydrogen-bond donors (Lipinski definition) is 1. The van der Waals surface area contributed by atoms with E-state index in [9.17, 15) is 14.9 Å². The van der Waals surface area contributed by atoms with Gasteiger partial charge < -0.3 is 23.9 Å². The molecule has 4 rings (SSSR count). The van der Waals surface area contributed by atoms with E-state index in [0.717, 1.165) is 45.4 Å². The summed E-state index contributed by atoms with van der Waals surface area (Å²) in [5.41, 5.74) is 4.89. The predicted octanol–water partition coefficient (Wildman–Crippen LogP) is 7.24. The summed E-state index contributed by atoms with van der Waals surface area (Å²) in [6, 6.07) is 21.1. The van der Waals surface area contributed by atoms with E-state index in [1.54, 1.807) is 25.1 Å². The third-order valence-electron chi connectivity index (χ3n) is 6.38. The summed E-state index contributed by atoms with van der Waals surface area (Å²) in [7, 11) is 0. The Morgan fingerprint density at radius 3 is 2.52 bits per heavy atom. The first-order valence-electron chi connectivity index (χ1n) is 14.0. The first-order valence-corrected chi connectivity index (χ1v) is 14.0. The molecule has 0 unspecified atom stereocenters. The van der Waals surface area contributed by atoms with Crippen LogP contribution < -0.4 is 10.1 Å². The van der Waals surface area contributed by atoms with Gasteiger partial charge in [0.1, 0.15) is 29.3 Å². The number of nitriles is 1. The second-order valence-electron chi connectivity index (χ2n) is 10.9. The Hall–Kier alpha value is -4.77. The maximum atomic E-state index is 12.2. The van der Waals surface area contributed by atoms with Crippen molar-refractivity contribution in [3.63, 3.8) is 0 Å². The summed E-state index contributed by atoms with van der Waals surface area (Å²) in [6.45, 7) is 10.1. The fourth-order valence-corrected chi connectivity index (χ4v) is 4.51. The Labute approximate surface area is 246 Å². The minimum absolute atomic E-state index is 0.0465. The quantitative estimate of drug-likeness (QED) is 0.201. The zero-order chi connectivity index (χ0) is 30.3. The van der Waals surface area contributed by atoms with Crippen LogP contribution >= 0.6 is 0 Å². The number of hydrogen-bond acceptors (Lipinski definition) is 7. The molecule has 42 heavy (non-hydrogen) atoms. The van der Waals surface area contributed by atoms with Crippen LogP contribution in [0.3, 0.4) is 0 Å². The molecule has 3 aromatic carbocycles. The monoisotopic (exact) mass is 568 g/mol. The number of carbonyl (C=O) groups excluding carboxylic acids is 2. The van der Waals surface area contributed by atoms with Crippen molar-refractivity contribution >= 4 is 23.0 Å². The highest BCUT2D eigenvalue weighted by Crippen LogP contribution is 2.34. The number of alkyl carbamates (subject to hydrolysis) is 1. The molecule has 1 heterocycles. The minimum Gasteiger partial charge on any atom is -0.489 e. The highest BCUT2D eigenvalue weighted by Gasteiger charge is 2.17. The topological polar surface area (TPSA) is 111 Å². The zero-order valence-electron chi connectivity index (χ0n) is 24.7. The van der Waals surface area contributed by atoms with Crippen LogP contribution in [0, 0.1) is 11.3 Å². The van der Waals surface area contributed by atoms with Crippen LogP contribution in [-0.2, 0) is 40.3 Å². The number of aryl methyl sites for hydroxylation is 1. The van der Waals surface area contributed by atoms with Gasteiger partial charge in [-0.2, -0.15) is 5.26 Å². The number of nitrogens with one attached hydrogen (secondary N) is 1. The number of amides is 1. The molecule has 0 fully saturated rings. The molecule has 0 aliphatic carbocycles. The lowest BCUT2D eigenvalue weighted by Crippen LogP contribution is -2.32. The van der Waals surface area contributed by atoms with Crippen LogP contribution in [-0.4, -0.2) is 24.3 Å². The maximum absolute atomic E-state index is 12.2. The Balaban J connectivity index is 1.63. The van der Waals surface area contributed by atoms with E-state index in [4.69, 9.17) is 18.6 Å². The van der Waals surface area contributed by atoms with Gasteiger partial charge >= 0.3 is 12.1 Å². The van der Waals surface area contributed by atoms with Crippen molar-refractivity contribution in [3.05, 3.63) is 88.7 Å². The molecule has 0 radical (unpaired) electrons. The minimum atomic E-state index is -0.578. The van der Waals surface area contributed by atoms with Crippen molar-refractivity contribution in [2.75, 3.05) is 6.61 Å². The van der Waals surface area contributed by atoms with Crippen molar-refractivity contribution in [2.24, 2.45) is 0 Å². The molecule has 218 valence electrons. The predicted molar refractivity (Wildman–Crippen MR) is 160 cm³/mol. The van der Waals surface area contributed by atoms with Gasteiger partial charge in [-0.05, 0) is 80.8 Å². The number of furan rings is 1. The molecule has 4 aromatic rings. The summed E-state index contributed by atoms with van der Waals surface area (Å²) in [6.07, 6.45) is 0.318. The van der Waals surface area contributed by atoms with E-state index >= 15 is 0 Å². The number of rotatable bonds is 10. The lowest BCUT2D eigenvalue weighted by Gasteiger charge is -2.19. The average molecular weight is 569 g/mol. The second-order valence-corrected chi connectivity index (χ2v) is 10.9. The van der Waals surface area contributed by atoms with Crippen LogP contribution in [0.25, 0.3) is 22.1 Å². The lowest BCUT2D eigenvalue weighted by molar-refractivity contribution is -0.142. The first kappa shape index (κ1) is 30.2. The summed E-state index contributed by atoms with van der Waals surface area (Å²) in [5, 5.41) is 13.2. The summed E-state index contributed by atoms with van der Waals surface area (Å²) in [5.74, 6) is 0.966. The number of nitrogens with zero attached hydrogens (tertiary/aromatic N) is 1. The van der Waals surface area contributed by atoms with Gasteiger partial charge in [0.15, 0.2) is 0 Å². The first-order chi connectivity index (χ1) is 20.1. The highest BCUT2D eigenvalue weighted by atomic mass is 16.6. The largest absolute Gasteiger partial charge is 0.489 e. The van der Waals surface area contributed by atoms with Crippen LogP contribution in [0.4, 0.5) is 4.79 Å². The number of benzene rings is 3.